The van der Waals surface area contributed by atoms with E-state index in [-0.39, 0.29) is 11.4 Å². The number of benzene rings is 1. The Bertz CT molecular complexity index is 1150. The predicted octanol–water partition coefficient (Wildman–Crippen LogP) is 5.55. The molecular weight excluding hydrogens is 423 g/mol. The van der Waals surface area contributed by atoms with Gasteiger partial charge in [-0.05, 0) is 67.6 Å². The summed E-state index contributed by atoms with van der Waals surface area (Å²) < 4.78 is 19.3. The van der Waals surface area contributed by atoms with Gasteiger partial charge in [-0.2, -0.15) is 0 Å². The summed E-state index contributed by atoms with van der Waals surface area (Å²) in [6.07, 6.45) is 2.85. The Labute approximate surface area is 183 Å². The maximum absolute atomic E-state index is 14.4. The lowest BCUT2D eigenvalue weighted by Crippen LogP contribution is -2.22. The number of nitrogens with one attached hydrogen (secondary N) is 2. The maximum atomic E-state index is 14.4. The highest BCUT2D eigenvalue weighted by Crippen LogP contribution is 2.49. The van der Waals surface area contributed by atoms with Crippen molar-refractivity contribution in [1.29, 1.82) is 0 Å². The van der Waals surface area contributed by atoms with Crippen LogP contribution in [0.25, 0.3) is 0 Å². The molecule has 8 heteroatoms. The summed E-state index contributed by atoms with van der Waals surface area (Å²) in [4.78, 5) is 16.6. The van der Waals surface area contributed by atoms with Crippen molar-refractivity contribution in [1.82, 2.24) is 9.55 Å². The van der Waals surface area contributed by atoms with Gasteiger partial charge in [-0.3, -0.25) is 9.36 Å². The summed E-state index contributed by atoms with van der Waals surface area (Å²) in [7, 11) is 1.68. The zero-order valence-corrected chi connectivity index (χ0v) is 18.4. The van der Waals surface area contributed by atoms with Crippen LogP contribution in [0.2, 0.25) is 5.15 Å². The Hall–Kier alpha value is -2.51. The molecule has 2 heterocycles. The quantitative estimate of drug-likeness (QED) is 0.385. The zero-order valence-electron chi connectivity index (χ0n) is 16.9. The molecule has 2 unspecified atom stereocenters. The van der Waals surface area contributed by atoms with Crippen molar-refractivity contribution in [2.75, 3.05) is 10.0 Å². The van der Waals surface area contributed by atoms with Crippen LogP contribution in [0.15, 0.2) is 47.4 Å². The molecule has 2 aromatic heterocycles. The minimum atomic E-state index is -0.362. The molecule has 2 atom stereocenters. The van der Waals surface area contributed by atoms with Gasteiger partial charge >= 0.3 is 0 Å². The number of anilines is 3. The van der Waals surface area contributed by atoms with Crippen LogP contribution in [-0.4, -0.2) is 14.8 Å². The topological polar surface area (TPSA) is 59.0 Å². The normalized spacial score (nSPS) is 17.6. The van der Waals surface area contributed by atoms with E-state index in [1.807, 2.05) is 25.3 Å². The second kappa shape index (κ2) is 8.32. The first-order chi connectivity index (χ1) is 14.3. The van der Waals surface area contributed by atoms with Crippen LogP contribution < -0.4 is 15.6 Å². The highest BCUT2D eigenvalue weighted by Gasteiger charge is 2.39. The molecule has 3 aromatic rings. The molecule has 1 aliphatic carbocycles. The average molecular weight is 445 g/mol. The van der Waals surface area contributed by atoms with E-state index in [9.17, 15) is 9.18 Å². The van der Waals surface area contributed by atoms with Crippen LogP contribution in [-0.2, 0) is 7.05 Å². The van der Waals surface area contributed by atoms with Crippen molar-refractivity contribution in [3.63, 3.8) is 0 Å². The van der Waals surface area contributed by atoms with Gasteiger partial charge in [0.2, 0.25) is 0 Å². The van der Waals surface area contributed by atoms with Gasteiger partial charge in [-0.25, -0.2) is 9.37 Å². The van der Waals surface area contributed by atoms with Gasteiger partial charge in [0.15, 0.2) is 0 Å². The molecule has 1 fully saturated rings. The number of pyridine rings is 2. The third-order valence-corrected chi connectivity index (χ3v) is 6.59. The van der Waals surface area contributed by atoms with Crippen molar-refractivity contribution in [2.24, 2.45) is 7.05 Å². The summed E-state index contributed by atoms with van der Waals surface area (Å²) in [6, 6.07) is 10.6. The third kappa shape index (κ3) is 4.32. The second-order valence-electron chi connectivity index (χ2n) is 7.58. The first-order valence-corrected chi connectivity index (χ1v) is 10.9. The lowest BCUT2D eigenvalue weighted by atomic mass is 10.2. The molecule has 156 valence electrons. The molecule has 1 saturated carbocycles. The Balaban J connectivity index is 1.54. The summed E-state index contributed by atoms with van der Waals surface area (Å²) in [5.74, 6) is 0.567. The van der Waals surface area contributed by atoms with Crippen molar-refractivity contribution < 1.29 is 4.39 Å². The third-order valence-electron chi connectivity index (χ3n) is 5.20. The minimum absolute atomic E-state index is 0.128. The molecule has 0 aliphatic heterocycles. The highest BCUT2D eigenvalue weighted by molar-refractivity contribution is 8.01. The Morgan fingerprint density at radius 2 is 2.00 bits per heavy atom. The number of aromatic nitrogens is 2. The first kappa shape index (κ1) is 20.8. The van der Waals surface area contributed by atoms with E-state index in [0.717, 1.165) is 23.2 Å². The van der Waals surface area contributed by atoms with Gasteiger partial charge in [0.25, 0.3) is 5.56 Å². The number of aryl methyl sites for hydroxylation is 2. The standard InChI is InChI=1S/C22H22ClFN4OS/c1-12-4-6-17(16(24)8-12)26-21-18(9-13(2)22(29)28(21)3)27-30-19-10-15(19)14-5-7-20(23)25-11-14/h4-9,11,15,19,26-27H,10H2,1-3H3. The molecule has 1 aliphatic rings. The Morgan fingerprint density at radius 1 is 1.20 bits per heavy atom. The van der Waals surface area contributed by atoms with Gasteiger partial charge in [0.1, 0.15) is 16.8 Å². The fourth-order valence-corrected chi connectivity index (χ4v) is 4.54. The van der Waals surface area contributed by atoms with Gasteiger partial charge in [0.05, 0.1) is 11.4 Å². The summed E-state index contributed by atoms with van der Waals surface area (Å²) in [5.41, 5.74) is 3.54. The van der Waals surface area contributed by atoms with Gasteiger partial charge < -0.3 is 10.0 Å². The first-order valence-electron chi connectivity index (χ1n) is 9.60. The van der Waals surface area contributed by atoms with Crippen molar-refractivity contribution in [2.45, 2.75) is 31.4 Å². The molecule has 30 heavy (non-hydrogen) atoms. The van der Waals surface area contributed by atoms with Gasteiger partial charge in [-0.15, -0.1) is 0 Å². The van der Waals surface area contributed by atoms with E-state index in [0.29, 0.717) is 33.4 Å². The molecule has 4 rings (SSSR count). The lowest BCUT2D eigenvalue weighted by molar-refractivity contribution is 0.630. The molecule has 0 radical (unpaired) electrons. The monoisotopic (exact) mass is 444 g/mol. The Morgan fingerprint density at radius 3 is 2.70 bits per heavy atom. The number of nitrogens with zero attached hydrogens (tertiary/aromatic N) is 2. The number of hydrogen-bond acceptors (Lipinski definition) is 5. The highest BCUT2D eigenvalue weighted by atomic mass is 35.5. The van der Waals surface area contributed by atoms with Crippen LogP contribution in [0.5, 0.6) is 0 Å². The predicted molar refractivity (Wildman–Crippen MR) is 122 cm³/mol. The summed E-state index contributed by atoms with van der Waals surface area (Å²) in [6.45, 7) is 3.61. The largest absolute Gasteiger partial charge is 0.337 e. The SMILES string of the molecule is Cc1ccc(Nc2c(NSC3CC3c3ccc(Cl)nc3)cc(C)c(=O)n2C)c(F)c1. The molecule has 1 aromatic carbocycles. The smallest absolute Gasteiger partial charge is 0.254 e. The molecule has 0 bridgehead atoms. The van der Waals surface area contributed by atoms with Gasteiger partial charge in [0, 0.05) is 30.0 Å². The Kier molecular flexibility index (Phi) is 5.75. The van der Waals surface area contributed by atoms with E-state index in [1.54, 1.807) is 44.1 Å². The fraction of sp³-hybridized carbons (Fsp3) is 0.273. The molecule has 5 nitrogen and oxygen atoms in total. The van der Waals surface area contributed by atoms with E-state index in [1.165, 1.54) is 10.6 Å². The average Bonchev–Trinajstić information content (AvgIpc) is 3.49. The van der Waals surface area contributed by atoms with Gasteiger partial charge in [-0.1, -0.05) is 23.7 Å². The zero-order chi connectivity index (χ0) is 21.4. The number of halogens is 2. The van der Waals surface area contributed by atoms with E-state index in [4.69, 9.17) is 11.6 Å². The molecule has 0 spiro atoms. The van der Waals surface area contributed by atoms with E-state index >= 15 is 0 Å². The lowest BCUT2D eigenvalue weighted by Gasteiger charge is -2.18. The van der Waals surface area contributed by atoms with Crippen LogP contribution in [0, 0.1) is 19.7 Å². The van der Waals surface area contributed by atoms with Crippen molar-refractivity contribution in [3.8, 4) is 0 Å². The molecular formula is C22H22ClFN4OS. The van der Waals surface area contributed by atoms with E-state index < -0.39 is 0 Å². The van der Waals surface area contributed by atoms with Crippen molar-refractivity contribution in [3.05, 3.63) is 80.6 Å². The van der Waals surface area contributed by atoms with E-state index in [2.05, 4.69) is 15.0 Å². The number of rotatable bonds is 6. The molecule has 2 N–H and O–H groups in total. The van der Waals surface area contributed by atoms with Crippen LogP contribution in [0.1, 0.15) is 29.0 Å². The fourth-order valence-electron chi connectivity index (χ4n) is 3.37. The van der Waals surface area contributed by atoms with Crippen LogP contribution in [0.3, 0.4) is 0 Å². The summed E-state index contributed by atoms with van der Waals surface area (Å²) >= 11 is 7.47. The maximum Gasteiger partial charge on any atom is 0.254 e. The summed E-state index contributed by atoms with van der Waals surface area (Å²) in [5, 5.41) is 3.96. The van der Waals surface area contributed by atoms with Crippen molar-refractivity contribution >= 4 is 40.7 Å². The molecule has 0 saturated heterocycles. The minimum Gasteiger partial charge on any atom is -0.337 e. The van der Waals surface area contributed by atoms with Crippen LogP contribution in [0.4, 0.5) is 21.6 Å². The van der Waals surface area contributed by atoms with Crippen LogP contribution >= 0.6 is 23.5 Å². The molecule has 0 amide bonds. The second-order valence-corrected chi connectivity index (χ2v) is 9.01. The number of hydrogen-bond donors (Lipinski definition) is 2.